The minimum absolute atomic E-state index is 0.0412. The van der Waals surface area contributed by atoms with Gasteiger partial charge in [0.1, 0.15) is 0 Å². The normalized spacial score (nSPS) is 10.1. The molecule has 2 rings (SSSR count). The van der Waals surface area contributed by atoms with Crippen molar-refractivity contribution < 1.29 is 19.2 Å². The Morgan fingerprint density at radius 1 is 1.22 bits per heavy atom. The Hall–Kier alpha value is -3.13. The zero-order valence-corrected chi connectivity index (χ0v) is 15.3. The molecule has 0 saturated heterocycles. The number of likely N-dealkylation sites (N-methyl/N-ethyl adjacent to an activating group) is 1. The molecule has 0 saturated carbocycles. The van der Waals surface area contributed by atoms with Crippen LogP contribution in [0, 0.1) is 10.1 Å². The van der Waals surface area contributed by atoms with Crippen molar-refractivity contribution in [2.75, 3.05) is 18.5 Å². The number of nitrogens with zero attached hydrogens (tertiary/aromatic N) is 1. The number of nitro benzene ring substituents is 1. The van der Waals surface area contributed by atoms with Crippen LogP contribution in [0.15, 0.2) is 42.5 Å². The van der Waals surface area contributed by atoms with Crippen LogP contribution in [0.2, 0.25) is 5.02 Å². The summed E-state index contributed by atoms with van der Waals surface area (Å²) >= 11 is 6.11. The number of anilines is 1. The van der Waals surface area contributed by atoms with Crippen LogP contribution in [0.3, 0.4) is 0 Å². The SMILES string of the molecule is CCNC(=O)COC(=O)c1cc([N+](=O)[O-])ccc1NCc1ccccc1Cl. The lowest BCUT2D eigenvalue weighted by atomic mass is 10.1. The van der Waals surface area contributed by atoms with Crippen molar-refractivity contribution in [3.8, 4) is 0 Å². The van der Waals surface area contributed by atoms with Gasteiger partial charge in [-0.1, -0.05) is 29.8 Å². The van der Waals surface area contributed by atoms with Gasteiger partial charge in [0.2, 0.25) is 0 Å². The van der Waals surface area contributed by atoms with E-state index in [1.165, 1.54) is 12.1 Å². The molecule has 0 fully saturated rings. The maximum Gasteiger partial charge on any atom is 0.341 e. The van der Waals surface area contributed by atoms with E-state index >= 15 is 0 Å². The summed E-state index contributed by atoms with van der Waals surface area (Å²) in [5.74, 6) is -1.30. The number of carbonyl (C=O) groups is 2. The second-order valence-corrected chi connectivity index (χ2v) is 5.87. The molecule has 2 aromatic rings. The molecule has 142 valence electrons. The zero-order chi connectivity index (χ0) is 19.8. The Balaban J connectivity index is 2.20. The van der Waals surface area contributed by atoms with Crippen molar-refractivity contribution in [2.45, 2.75) is 13.5 Å². The quantitative estimate of drug-likeness (QED) is 0.406. The third-order valence-electron chi connectivity index (χ3n) is 3.57. The number of nitro groups is 1. The predicted molar refractivity (Wildman–Crippen MR) is 101 cm³/mol. The minimum Gasteiger partial charge on any atom is -0.452 e. The van der Waals surface area contributed by atoms with Gasteiger partial charge in [0.05, 0.1) is 10.5 Å². The molecule has 0 heterocycles. The van der Waals surface area contributed by atoms with Crippen molar-refractivity contribution in [3.63, 3.8) is 0 Å². The van der Waals surface area contributed by atoms with Gasteiger partial charge in [-0.05, 0) is 24.6 Å². The Kier molecular flexibility index (Phi) is 7.13. The Morgan fingerprint density at radius 3 is 2.63 bits per heavy atom. The average molecular weight is 392 g/mol. The maximum absolute atomic E-state index is 12.3. The summed E-state index contributed by atoms with van der Waals surface area (Å²) in [4.78, 5) is 34.2. The number of non-ortho nitro benzene ring substituents is 1. The molecule has 1 amide bonds. The Morgan fingerprint density at radius 2 is 1.96 bits per heavy atom. The highest BCUT2D eigenvalue weighted by Crippen LogP contribution is 2.24. The summed E-state index contributed by atoms with van der Waals surface area (Å²) in [5, 5.41) is 17.1. The third kappa shape index (κ3) is 5.68. The summed E-state index contributed by atoms with van der Waals surface area (Å²) in [6, 6.07) is 11.0. The van der Waals surface area contributed by atoms with E-state index in [2.05, 4.69) is 10.6 Å². The van der Waals surface area contributed by atoms with Gasteiger partial charge in [-0.2, -0.15) is 0 Å². The number of carbonyl (C=O) groups excluding carboxylic acids is 2. The molecule has 2 aromatic carbocycles. The Labute approximate surface area is 160 Å². The van der Waals surface area contributed by atoms with Gasteiger partial charge in [-0.25, -0.2) is 4.79 Å². The predicted octanol–water partition coefficient (Wildman–Crippen LogP) is 3.15. The zero-order valence-electron chi connectivity index (χ0n) is 14.5. The van der Waals surface area contributed by atoms with Crippen LogP contribution in [0.25, 0.3) is 0 Å². The standard InChI is InChI=1S/C18H18ClN3O5/c1-2-20-17(23)11-27-18(24)14-9-13(22(25)26)7-8-16(14)21-10-12-5-3-4-6-15(12)19/h3-9,21H,2,10-11H2,1H3,(H,20,23). The van der Waals surface area contributed by atoms with Crippen molar-refractivity contribution in [1.82, 2.24) is 5.32 Å². The minimum atomic E-state index is -0.841. The third-order valence-corrected chi connectivity index (χ3v) is 3.94. The molecule has 0 bridgehead atoms. The number of amides is 1. The molecule has 0 atom stereocenters. The molecule has 0 spiro atoms. The topological polar surface area (TPSA) is 111 Å². The summed E-state index contributed by atoms with van der Waals surface area (Å²) < 4.78 is 4.95. The van der Waals surface area contributed by atoms with Gasteiger partial charge in [0.15, 0.2) is 6.61 Å². The van der Waals surface area contributed by atoms with E-state index in [1.54, 1.807) is 19.1 Å². The largest absolute Gasteiger partial charge is 0.452 e. The van der Waals surface area contributed by atoms with Crippen LogP contribution < -0.4 is 10.6 Å². The fourth-order valence-electron chi connectivity index (χ4n) is 2.26. The first-order chi connectivity index (χ1) is 12.9. The number of halogens is 1. The van der Waals surface area contributed by atoms with Gasteiger partial charge >= 0.3 is 5.97 Å². The van der Waals surface area contributed by atoms with E-state index in [0.29, 0.717) is 23.8 Å². The van der Waals surface area contributed by atoms with E-state index in [4.69, 9.17) is 16.3 Å². The van der Waals surface area contributed by atoms with Crippen molar-refractivity contribution >= 4 is 34.9 Å². The van der Waals surface area contributed by atoms with Gasteiger partial charge in [0, 0.05) is 35.9 Å². The number of nitrogens with one attached hydrogen (secondary N) is 2. The van der Waals surface area contributed by atoms with Crippen molar-refractivity contribution in [2.24, 2.45) is 0 Å². The maximum atomic E-state index is 12.3. The fraction of sp³-hybridized carbons (Fsp3) is 0.222. The second-order valence-electron chi connectivity index (χ2n) is 5.46. The summed E-state index contributed by atoms with van der Waals surface area (Å²) in [7, 11) is 0. The average Bonchev–Trinajstić information content (AvgIpc) is 2.65. The highest BCUT2D eigenvalue weighted by atomic mass is 35.5. The first-order valence-corrected chi connectivity index (χ1v) is 8.49. The lowest BCUT2D eigenvalue weighted by molar-refractivity contribution is -0.384. The first kappa shape index (κ1) is 20.2. The number of esters is 1. The first-order valence-electron chi connectivity index (χ1n) is 8.12. The van der Waals surface area contributed by atoms with E-state index in [9.17, 15) is 19.7 Å². The number of hydrogen-bond acceptors (Lipinski definition) is 6. The van der Waals surface area contributed by atoms with E-state index in [0.717, 1.165) is 11.6 Å². The molecule has 0 radical (unpaired) electrons. The molecule has 27 heavy (non-hydrogen) atoms. The summed E-state index contributed by atoms with van der Waals surface area (Å²) in [6.07, 6.45) is 0. The number of rotatable bonds is 8. The monoisotopic (exact) mass is 391 g/mol. The van der Waals surface area contributed by atoms with Crippen molar-refractivity contribution in [3.05, 3.63) is 68.7 Å². The van der Waals surface area contributed by atoms with E-state index in [-0.39, 0.29) is 11.3 Å². The van der Waals surface area contributed by atoms with Crippen LogP contribution in [-0.2, 0) is 16.1 Å². The lowest BCUT2D eigenvalue weighted by Crippen LogP contribution is -2.28. The van der Waals surface area contributed by atoms with E-state index < -0.39 is 23.4 Å². The van der Waals surface area contributed by atoms with Gasteiger partial charge in [-0.15, -0.1) is 0 Å². The summed E-state index contributed by atoms with van der Waals surface area (Å²) in [5.41, 5.74) is 0.824. The van der Waals surface area contributed by atoms with Gasteiger partial charge < -0.3 is 15.4 Å². The molecule has 0 aliphatic carbocycles. The molecule has 0 aliphatic heterocycles. The molecular weight excluding hydrogens is 374 g/mol. The molecule has 2 N–H and O–H groups in total. The number of benzene rings is 2. The van der Waals surface area contributed by atoms with Crippen LogP contribution >= 0.6 is 11.6 Å². The molecule has 8 nitrogen and oxygen atoms in total. The number of ether oxygens (including phenoxy) is 1. The number of hydrogen-bond donors (Lipinski definition) is 2. The molecule has 0 unspecified atom stereocenters. The van der Waals surface area contributed by atoms with Gasteiger partial charge in [-0.3, -0.25) is 14.9 Å². The summed E-state index contributed by atoms with van der Waals surface area (Å²) in [6.45, 7) is 1.96. The second kappa shape index (κ2) is 9.54. The Bertz CT molecular complexity index is 857. The van der Waals surface area contributed by atoms with E-state index in [1.807, 2.05) is 12.1 Å². The molecule has 0 aliphatic rings. The molecule has 0 aromatic heterocycles. The fourth-order valence-corrected chi connectivity index (χ4v) is 2.46. The molecule has 9 heteroatoms. The smallest absolute Gasteiger partial charge is 0.341 e. The van der Waals surface area contributed by atoms with Crippen LogP contribution in [0.1, 0.15) is 22.8 Å². The van der Waals surface area contributed by atoms with Crippen molar-refractivity contribution in [1.29, 1.82) is 0 Å². The van der Waals surface area contributed by atoms with Crippen LogP contribution in [-0.4, -0.2) is 30.0 Å². The lowest BCUT2D eigenvalue weighted by Gasteiger charge is -2.12. The van der Waals surface area contributed by atoms with Gasteiger partial charge in [0.25, 0.3) is 11.6 Å². The highest BCUT2D eigenvalue weighted by Gasteiger charge is 2.19. The molecular formula is C18H18ClN3O5. The van der Waals surface area contributed by atoms with Crippen LogP contribution in [0.5, 0.6) is 0 Å². The highest BCUT2D eigenvalue weighted by molar-refractivity contribution is 6.31. The van der Waals surface area contributed by atoms with Crippen LogP contribution in [0.4, 0.5) is 11.4 Å².